The number of amides is 1. The third-order valence-electron chi connectivity index (χ3n) is 3.73. The number of nitrogens with one attached hydrogen (secondary N) is 2. The molecule has 1 heterocycles. The number of hydrogen-bond donors (Lipinski definition) is 2. The number of hydrogen-bond acceptors (Lipinski definition) is 4. The molecular formula is C17H18N2O3S2. The number of carbonyl (C=O) groups excluding carboxylic acids is 1. The molecule has 0 radical (unpaired) electrons. The lowest BCUT2D eigenvalue weighted by Gasteiger charge is -2.15. The lowest BCUT2D eigenvalue weighted by Crippen LogP contribution is -2.35. The van der Waals surface area contributed by atoms with E-state index in [2.05, 4.69) is 10.0 Å². The molecule has 1 amide bonds. The average molecular weight is 362 g/mol. The van der Waals surface area contributed by atoms with Crippen molar-refractivity contribution in [3.05, 3.63) is 60.2 Å². The van der Waals surface area contributed by atoms with Gasteiger partial charge in [0.2, 0.25) is 0 Å². The predicted molar refractivity (Wildman–Crippen MR) is 96.9 cm³/mol. The van der Waals surface area contributed by atoms with E-state index in [0.29, 0.717) is 5.56 Å². The third kappa shape index (κ3) is 3.91. The van der Waals surface area contributed by atoms with Gasteiger partial charge in [-0.25, -0.2) is 8.42 Å². The van der Waals surface area contributed by atoms with Gasteiger partial charge in [0.05, 0.1) is 16.1 Å². The van der Waals surface area contributed by atoms with Gasteiger partial charge in [0.15, 0.2) is 0 Å². The number of benzene rings is 2. The maximum atomic E-state index is 12.5. The smallest absolute Gasteiger partial charge is 0.261 e. The van der Waals surface area contributed by atoms with E-state index in [1.807, 2.05) is 0 Å². The molecule has 1 atom stereocenters. The van der Waals surface area contributed by atoms with E-state index in [4.69, 9.17) is 0 Å². The normalized spacial score (nSPS) is 17.4. The van der Waals surface area contributed by atoms with Crippen molar-refractivity contribution >= 4 is 33.4 Å². The maximum absolute atomic E-state index is 12.5. The van der Waals surface area contributed by atoms with Crippen LogP contribution in [0.25, 0.3) is 0 Å². The summed E-state index contributed by atoms with van der Waals surface area (Å²) in [4.78, 5) is 12.6. The number of thioether (sulfide) groups is 1. The van der Waals surface area contributed by atoms with Crippen molar-refractivity contribution in [2.24, 2.45) is 0 Å². The van der Waals surface area contributed by atoms with Crippen LogP contribution in [0.3, 0.4) is 0 Å². The van der Waals surface area contributed by atoms with Gasteiger partial charge in [-0.15, -0.1) is 0 Å². The third-order valence-corrected chi connectivity index (χ3v) is 6.28. The summed E-state index contributed by atoms with van der Waals surface area (Å²) in [5.74, 6) is 1.67. The van der Waals surface area contributed by atoms with Crippen LogP contribution >= 0.6 is 11.8 Å². The first-order valence-corrected chi connectivity index (χ1v) is 10.3. The monoisotopic (exact) mass is 362 g/mol. The van der Waals surface area contributed by atoms with E-state index in [-0.39, 0.29) is 22.5 Å². The molecule has 2 aromatic carbocycles. The predicted octanol–water partition coefficient (Wildman–Crippen LogP) is 2.72. The van der Waals surface area contributed by atoms with Crippen molar-refractivity contribution in [2.75, 3.05) is 16.2 Å². The Morgan fingerprint density at radius 3 is 2.46 bits per heavy atom. The molecule has 1 saturated heterocycles. The van der Waals surface area contributed by atoms with Crippen molar-refractivity contribution in [1.82, 2.24) is 5.32 Å². The van der Waals surface area contributed by atoms with Gasteiger partial charge in [0.25, 0.3) is 15.9 Å². The SMILES string of the molecule is O=C(N[C@@H]1CCSC1)c1ccccc1NS(=O)(=O)c1ccccc1. The first kappa shape index (κ1) is 16.9. The Bertz CT molecular complexity index is 817. The number of carbonyl (C=O) groups is 1. The van der Waals surface area contributed by atoms with Crippen molar-refractivity contribution in [3.8, 4) is 0 Å². The van der Waals surface area contributed by atoms with Crippen LogP contribution in [-0.2, 0) is 10.0 Å². The van der Waals surface area contributed by atoms with Gasteiger partial charge in [-0.3, -0.25) is 9.52 Å². The first-order chi connectivity index (χ1) is 11.6. The molecule has 0 bridgehead atoms. The van der Waals surface area contributed by atoms with E-state index in [9.17, 15) is 13.2 Å². The number of rotatable bonds is 5. The highest BCUT2D eigenvalue weighted by Crippen LogP contribution is 2.22. The lowest BCUT2D eigenvalue weighted by molar-refractivity contribution is 0.0942. The summed E-state index contributed by atoms with van der Waals surface area (Å²) in [6, 6.07) is 14.9. The van der Waals surface area contributed by atoms with Crippen LogP contribution in [0.1, 0.15) is 16.8 Å². The molecule has 0 aliphatic carbocycles. The zero-order chi connectivity index (χ0) is 17.0. The minimum absolute atomic E-state index is 0.140. The maximum Gasteiger partial charge on any atom is 0.261 e. The molecule has 0 saturated carbocycles. The summed E-state index contributed by atoms with van der Waals surface area (Å²) < 4.78 is 27.5. The van der Waals surface area contributed by atoms with Crippen molar-refractivity contribution in [3.63, 3.8) is 0 Å². The van der Waals surface area contributed by atoms with Gasteiger partial charge >= 0.3 is 0 Å². The van der Waals surface area contributed by atoms with E-state index in [0.717, 1.165) is 17.9 Å². The molecule has 2 N–H and O–H groups in total. The Morgan fingerprint density at radius 2 is 1.75 bits per heavy atom. The van der Waals surface area contributed by atoms with Crippen molar-refractivity contribution in [1.29, 1.82) is 0 Å². The van der Waals surface area contributed by atoms with Gasteiger partial charge in [-0.05, 0) is 36.4 Å². The van der Waals surface area contributed by atoms with Crippen LogP contribution in [0.5, 0.6) is 0 Å². The van der Waals surface area contributed by atoms with E-state index >= 15 is 0 Å². The fraction of sp³-hybridized carbons (Fsp3) is 0.235. The fourth-order valence-corrected chi connectivity index (χ4v) is 4.74. The van der Waals surface area contributed by atoms with Crippen LogP contribution in [-0.4, -0.2) is 31.9 Å². The zero-order valence-electron chi connectivity index (χ0n) is 12.9. The largest absolute Gasteiger partial charge is 0.348 e. The van der Waals surface area contributed by atoms with Crippen molar-refractivity contribution in [2.45, 2.75) is 17.4 Å². The number of sulfonamides is 1. The molecule has 1 aliphatic rings. The second kappa shape index (κ2) is 7.27. The van der Waals surface area contributed by atoms with Gasteiger partial charge in [0, 0.05) is 11.8 Å². The topological polar surface area (TPSA) is 75.3 Å². The van der Waals surface area contributed by atoms with Crippen LogP contribution in [0.15, 0.2) is 59.5 Å². The molecular weight excluding hydrogens is 344 g/mol. The molecule has 1 aliphatic heterocycles. The quantitative estimate of drug-likeness (QED) is 0.858. The molecule has 3 rings (SSSR count). The van der Waals surface area contributed by atoms with Gasteiger partial charge < -0.3 is 5.32 Å². The van der Waals surface area contributed by atoms with E-state index in [1.54, 1.807) is 54.2 Å². The Labute approximate surface area is 145 Å². The summed E-state index contributed by atoms with van der Waals surface area (Å²) in [7, 11) is -3.73. The molecule has 0 aromatic heterocycles. The molecule has 0 unspecified atom stereocenters. The molecule has 1 fully saturated rings. The van der Waals surface area contributed by atoms with Gasteiger partial charge in [-0.2, -0.15) is 11.8 Å². The molecule has 2 aromatic rings. The van der Waals surface area contributed by atoms with Crippen LogP contribution in [0, 0.1) is 0 Å². The zero-order valence-corrected chi connectivity index (χ0v) is 14.6. The van der Waals surface area contributed by atoms with Gasteiger partial charge in [0.1, 0.15) is 0 Å². The molecule has 0 spiro atoms. The summed E-state index contributed by atoms with van der Waals surface area (Å²) in [6.45, 7) is 0. The minimum Gasteiger partial charge on any atom is -0.348 e. The van der Waals surface area contributed by atoms with Crippen LogP contribution in [0.4, 0.5) is 5.69 Å². The lowest BCUT2D eigenvalue weighted by atomic mass is 10.1. The highest BCUT2D eigenvalue weighted by atomic mass is 32.2. The van der Waals surface area contributed by atoms with E-state index < -0.39 is 10.0 Å². The first-order valence-electron chi connectivity index (χ1n) is 7.62. The Kier molecular flexibility index (Phi) is 5.11. The van der Waals surface area contributed by atoms with Crippen LogP contribution < -0.4 is 10.0 Å². The standard InChI is InChI=1S/C17H18N2O3S2/c20-17(18-13-10-11-23-12-13)15-8-4-5-9-16(15)19-24(21,22)14-6-2-1-3-7-14/h1-9,13,19H,10-12H2,(H,18,20)/t13-/m1/s1. The summed E-state index contributed by atoms with van der Waals surface area (Å²) >= 11 is 1.80. The number of anilines is 1. The molecule has 24 heavy (non-hydrogen) atoms. The Morgan fingerprint density at radius 1 is 1.04 bits per heavy atom. The summed E-state index contributed by atoms with van der Waals surface area (Å²) in [5, 5.41) is 2.97. The summed E-state index contributed by atoms with van der Waals surface area (Å²) in [6.07, 6.45) is 0.939. The second-order valence-corrected chi connectivity index (χ2v) is 8.33. The number of para-hydroxylation sites is 1. The van der Waals surface area contributed by atoms with Gasteiger partial charge in [-0.1, -0.05) is 30.3 Å². The fourth-order valence-electron chi connectivity index (χ4n) is 2.48. The van der Waals surface area contributed by atoms with Crippen molar-refractivity contribution < 1.29 is 13.2 Å². The Balaban J connectivity index is 1.82. The second-order valence-electron chi connectivity index (χ2n) is 5.50. The summed E-state index contributed by atoms with van der Waals surface area (Å²) in [5.41, 5.74) is 0.610. The average Bonchev–Trinajstić information content (AvgIpc) is 3.09. The highest BCUT2D eigenvalue weighted by molar-refractivity contribution is 7.99. The molecule has 5 nitrogen and oxygen atoms in total. The van der Waals surface area contributed by atoms with E-state index in [1.165, 1.54) is 12.1 Å². The molecule has 126 valence electrons. The Hall–Kier alpha value is -1.99. The minimum atomic E-state index is -3.73. The van der Waals surface area contributed by atoms with Crippen LogP contribution in [0.2, 0.25) is 0 Å². The highest BCUT2D eigenvalue weighted by Gasteiger charge is 2.22. The molecule has 7 heteroatoms.